The Hall–Kier alpha value is -3.92. The van der Waals surface area contributed by atoms with E-state index in [1.807, 2.05) is 42.3 Å². The van der Waals surface area contributed by atoms with Crippen molar-refractivity contribution in [1.82, 2.24) is 10.3 Å². The summed E-state index contributed by atoms with van der Waals surface area (Å²) in [4.78, 5) is 39.4. The van der Waals surface area contributed by atoms with Crippen LogP contribution >= 0.6 is 0 Å². The molecule has 2 fully saturated rings. The number of urea groups is 1. The second-order valence-electron chi connectivity index (χ2n) is 9.13. The maximum absolute atomic E-state index is 13.7. The number of carbonyl (C=O) groups is 3. The first-order valence-electron chi connectivity index (χ1n) is 12.6. The number of esters is 1. The lowest BCUT2D eigenvalue weighted by molar-refractivity contribution is -0.150. The van der Waals surface area contributed by atoms with E-state index in [0.29, 0.717) is 17.8 Å². The number of hydrazine groups is 1. The van der Waals surface area contributed by atoms with Gasteiger partial charge in [-0.3, -0.25) is 20.4 Å². The summed E-state index contributed by atoms with van der Waals surface area (Å²) in [5, 5.41) is 13.8. The number of amides is 3. The van der Waals surface area contributed by atoms with Gasteiger partial charge < -0.3 is 9.47 Å². The average molecular weight is 508 g/mol. The zero-order valence-corrected chi connectivity index (χ0v) is 21.2. The van der Waals surface area contributed by atoms with E-state index in [0.717, 1.165) is 31.4 Å². The van der Waals surface area contributed by atoms with Gasteiger partial charge in [0.2, 0.25) is 0 Å². The number of amidine groups is 1. The van der Waals surface area contributed by atoms with E-state index in [-0.39, 0.29) is 36.5 Å². The van der Waals surface area contributed by atoms with Crippen LogP contribution in [0.25, 0.3) is 0 Å². The molecule has 10 heteroatoms. The number of hydrogen-bond donors (Lipinski definition) is 2. The molecule has 1 aliphatic carbocycles. The van der Waals surface area contributed by atoms with Gasteiger partial charge in [-0.25, -0.2) is 14.6 Å². The first-order valence-corrected chi connectivity index (χ1v) is 12.6. The Morgan fingerprint density at radius 1 is 1.00 bits per heavy atom. The van der Waals surface area contributed by atoms with Crippen LogP contribution in [0.5, 0.6) is 0 Å². The molecule has 0 aromatic heterocycles. The number of alkyl carbamates (subject to hydrolysis) is 1. The van der Waals surface area contributed by atoms with E-state index in [2.05, 4.69) is 10.1 Å². The third-order valence-corrected chi connectivity index (χ3v) is 6.69. The Morgan fingerprint density at radius 2 is 1.68 bits per heavy atom. The number of para-hydroxylation sites is 1. The number of benzene rings is 2. The molecule has 10 nitrogen and oxygen atoms in total. The Labute approximate surface area is 216 Å². The molecule has 1 heterocycles. The van der Waals surface area contributed by atoms with Gasteiger partial charge in [0.25, 0.3) is 0 Å². The van der Waals surface area contributed by atoms with Crippen LogP contribution in [0, 0.1) is 5.41 Å². The maximum atomic E-state index is 13.7. The predicted molar refractivity (Wildman–Crippen MR) is 139 cm³/mol. The van der Waals surface area contributed by atoms with Crippen LogP contribution in [0.15, 0.2) is 54.6 Å². The highest BCUT2D eigenvalue weighted by molar-refractivity contribution is 6.07. The monoisotopic (exact) mass is 507 g/mol. The average Bonchev–Trinajstić information content (AvgIpc) is 3.17. The number of carbonyl (C=O) groups excluding carboxylic acids is 3. The fourth-order valence-corrected chi connectivity index (χ4v) is 4.76. The zero-order valence-electron chi connectivity index (χ0n) is 21.2. The second kappa shape index (κ2) is 11.9. The van der Waals surface area contributed by atoms with Gasteiger partial charge in [0.05, 0.1) is 19.2 Å². The van der Waals surface area contributed by atoms with Crippen LogP contribution in [0.1, 0.15) is 51.0 Å². The minimum absolute atomic E-state index is 0.0164. The summed E-state index contributed by atoms with van der Waals surface area (Å²) in [7, 11) is 1.23. The summed E-state index contributed by atoms with van der Waals surface area (Å²) < 4.78 is 10.2. The quantitative estimate of drug-likeness (QED) is 0.320. The number of nitrogens with zero attached hydrogens (tertiary/aromatic N) is 3. The highest BCUT2D eigenvalue weighted by Gasteiger charge is 2.43. The molecule has 0 radical (unpaired) electrons. The maximum Gasteiger partial charge on any atom is 0.412 e. The molecule has 1 saturated carbocycles. The van der Waals surface area contributed by atoms with Crippen LogP contribution in [-0.4, -0.2) is 54.9 Å². The van der Waals surface area contributed by atoms with Crippen LogP contribution in [0.4, 0.5) is 21.0 Å². The van der Waals surface area contributed by atoms with Crippen LogP contribution < -0.4 is 15.2 Å². The molecule has 2 aromatic rings. The molecule has 2 N–H and O–H groups in total. The molecule has 196 valence electrons. The lowest BCUT2D eigenvalue weighted by Crippen LogP contribution is -2.43. The van der Waals surface area contributed by atoms with Crippen molar-refractivity contribution >= 4 is 35.3 Å². The first-order chi connectivity index (χ1) is 17.9. The molecule has 4 rings (SSSR count). The highest BCUT2D eigenvalue weighted by Crippen LogP contribution is 2.32. The molecule has 2 aliphatic rings. The Kier molecular flexibility index (Phi) is 8.39. The molecule has 2 aromatic carbocycles. The van der Waals surface area contributed by atoms with Gasteiger partial charge in [-0.1, -0.05) is 24.6 Å². The number of anilines is 2. The van der Waals surface area contributed by atoms with Crippen LogP contribution in [-0.2, 0) is 14.3 Å². The topological polar surface area (TPSA) is 115 Å². The third-order valence-electron chi connectivity index (χ3n) is 6.69. The van der Waals surface area contributed by atoms with Crippen LogP contribution in [0.2, 0.25) is 0 Å². The molecular weight excluding hydrogens is 474 g/mol. The van der Waals surface area contributed by atoms with Crippen LogP contribution in [0.3, 0.4) is 0 Å². The van der Waals surface area contributed by atoms with Crippen molar-refractivity contribution in [3.8, 4) is 0 Å². The van der Waals surface area contributed by atoms with E-state index in [4.69, 9.17) is 10.1 Å². The van der Waals surface area contributed by atoms with E-state index in [9.17, 15) is 14.4 Å². The standard InChI is InChI=1S/C27H33N5O5/c1-19-30(18-17-24(33)37-23-11-7-4-8-12-23)32(27(35)31(19)21-9-5-3-6-10-21)22-15-13-20(14-16-22)25(28)29-26(34)36-2/h3,5-6,9-10,13-16,19,23H,4,7-8,11-12,17-18H2,1-2H3,(H2,28,29,34). The molecular formula is C27H33N5O5. The second-order valence-corrected chi connectivity index (χ2v) is 9.13. The van der Waals surface area contributed by atoms with Crippen molar-refractivity contribution in [2.45, 2.75) is 57.7 Å². The van der Waals surface area contributed by atoms with E-state index >= 15 is 0 Å². The van der Waals surface area contributed by atoms with Crippen molar-refractivity contribution < 1.29 is 23.9 Å². The molecule has 0 spiro atoms. The first kappa shape index (κ1) is 26.2. The fraction of sp³-hybridized carbons (Fsp3) is 0.407. The largest absolute Gasteiger partial charge is 0.462 e. The number of rotatable bonds is 7. The number of ether oxygens (including phenoxy) is 2. The summed E-state index contributed by atoms with van der Waals surface area (Å²) in [5.74, 6) is -0.380. The van der Waals surface area contributed by atoms with Gasteiger partial charge >= 0.3 is 18.1 Å². The summed E-state index contributed by atoms with van der Waals surface area (Å²) in [6.45, 7) is 2.21. The number of hydrogen-bond acceptors (Lipinski definition) is 7. The third kappa shape index (κ3) is 6.08. The SMILES string of the molecule is COC(=O)NC(=N)c1ccc(N2C(=O)N(c3ccccc3)C(C)N2CCC(=O)OC2CCCCC2)cc1. The summed E-state index contributed by atoms with van der Waals surface area (Å²) in [5.41, 5.74) is 1.78. The van der Waals surface area contributed by atoms with E-state index in [1.165, 1.54) is 13.5 Å². The van der Waals surface area contributed by atoms with Crippen molar-refractivity contribution in [1.29, 1.82) is 5.41 Å². The van der Waals surface area contributed by atoms with Gasteiger partial charge in [0.1, 0.15) is 18.1 Å². The van der Waals surface area contributed by atoms with Gasteiger partial charge in [-0.05, 0) is 69.0 Å². The highest BCUT2D eigenvalue weighted by atomic mass is 16.5. The normalized spacial score (nSPS) is 18.5. The van der Waals surface area contributed by atoms with Crippen molar-refractivity contribution in [3.05, 3.63) is 60.2 Å². The molecule has 1 saturated heterocycles. The predicted octanol–water partition coefficient (Wildman–Crippen LogP) is 4.64. The summed E-state index contributed by atoms with van der Waals surface area (Å²) in [6, 6.07) is 15.8. The van der Waals surface area contributed by atoms with Crippen molar-refractivity contribution in [2.75, 3.05) is 23.6 Å². The molecule has 1 atom stereocenters. The summed E-state index contributed by atoms with van der Waals surface area (Å²) in [6.07, 6.45) is 4.21. The minimum Gasteiger partial charge on any atom is -0.462 e. The van der Waals surface area contributed by atoms with E-state index in [1.54, 1.807) is 34.2 Å². The molecule has 0 bridgehead atoms. The summed E-state index contributed by atoms with van der Waals surface area (Å²) >= 11 is 0. The Morgan fingerprint density at radius 3 is 2.32 bits per heavy atom. The van der Waals surface area contributed by atoms with Gasteiger partial charge in [-0.15, -0.1) is 0 Å². The molecule has 3 amide bonds. The van der Waals surface area contributed by atoms with Crippen molar-refractivity contribution in [2.24, 2.45) is 0 Å². The van der Waals surface area contributed by atoms with E-state index < -0.39 is 6.09 Å². The number of methoxy groups -OCH3 is 1. The molecule has 37 heavy (non-hydrogen) atoms. The Bertz CT molecular complexity index is 1120. The smallest absolute Gasteiger partial charge is 0.412 e. The van der Waals surface area contributed by atoms with Gasteiger partial charge in [-0.2, -0.15) is 5.01 Å². The number of nitrogens with one attached hydrogen (secondary N) is 2. The molecule has 1 unspecified atom stereocenters. The lowest BCUT2D eigenvalue weighted by Gasteiger charge is -2.29. The zero-order chi connectivity index (χ0) is 26.4. The lowest BCUT2D eigenvalue weighted by atomic mass is 9.98. The van der Waals surface area contributed by atoms with Gasteiger partial charge in [0.15, 0.2) is 0 Å². The van der Waals surface area contributed by atoms with Crippen molar-refractivity contribution in [3.63, 3.8) is 0 Å². The van der Waals surface area contributed by atoms with Gasteiger partial charge in [0, 0.05) is 17.8 Å². The minimum atomic E-state index is -0.734. The Balaban J connectivity index is 1.53. The fourth-order valence-electron chi connectivity index (χ4n) is 4.76. The molecule has 1 aliphatic heterocycles.